The fourth-order valence-electron chi connectivity index (χ4n) is 3.28. The van der Waals surface area contributed by atoms with Crippen molar-refractivity contribution in [3.05, 3.63) is 33.8 Å². The number of halogens is 3. The lowest BCUT2D eigenvalue weighted by Gasteiger charge is -2.32. The van der Waals surface area contributed by atoms with Crippen LogP contribution in [0.25, 0.3) is 0 Å². The van der Waals surface area contributed by atoms with E-state index in [0.717, 1.165) is 51.3 Å². The van der Waals surface area contributed by atoms with Gasteiger partial charge in [-0.05, 0) is 24.1 Å². The molecule has 2 fully saturated rings. The van der Waals surface area contributed by atoms with E-state index in [1.54, 1.807) is 18.2 Å². The van der Waals surface area contributed by atoms with E-state index in [1.807, 2.05) is 4.90 Å². The topological polar surface area (TPSA) is 35.6 Å². The molecular weight excluding hydrogens is 357 g/mol. The number of likely N-dealkylation sites (tertiary alicyclic amines) is 1. The molecule has 2 heterocycles. The van der Waals surface area contributed by atoms with Crippen LogP contribution in [0, 0.1) is 0 Å². The van der Waals surface area contributed by atoms with Crippen molar-refractivity contribution in [2.45, 2.75) is 18.9 Å². The maximum absolute atomic E-state index is 12.5. The molecule has 1 N–H and O–H groups in total. The Morgan fingerprint density at radius 3 is 2.48 bits per heavy atom. The van der Waals surface area contributed by atoms with Gasteiger partial charge in [-0.25, -0.2) is 0 Å². The molecule has 2 aliphatic heterocycles. The average Bonchev–Trinajstić information content (AvgIpc) is 3.02. The van der Waals surface area contributed by atoms with Crippen molar-refractivity contribution in [3.8, 4) is 0 Å². The van der Waals surface area contributed by atoms with Crippen LogP contribution in [-0.4, -0.2) is 61.0 Å². The van der Waals surface area contributed by atoms with Crippen LogP contribution >= 0.6 is 35.6 Å². The van der Waals surface area contributed by atoms with Gasteiger partial charge in [-0.3, -0.25) is 9.69 Å². The lowest BCUT2D eigenvalue weighted by atomic mass is 10.1. The number of benzene rings is 1. The average molecular weight is 379 g/mol. The fourth-order valence-corrected chi connectivity index (χ4v) is 3.81. The van der Waals surface area contributed by atoms with Crippen molar-refractivity contribution < 1.29 is 4.79 Å². The highest BCUT2D eigenvalue weighted by Crippen LogP contribution is 2.26. The number of nitrogens with one attached hydrogen (secondary N) is 1. The first kappa shape index (κ1) is 18.8. The molecule has 128 valence electrons. The largest absolute Gasteiger partial charge is 0.341 e. The summed E-state index contributed by atoms with van der Waals surface area (Å²) in [7, 11) is 0. The maximum atomic E-state index is 12.5. The zero-order chi connectivity index (χ0) is 15.5. The minimum absolute atomic E-state index is 0. The van der Waals surface area contributed by atoms with Crippen molar-refractivity contribution in [1.82, 2.24) is 15.1 Å². The van der Waals surface area contributed by atoms with Gasteiger partial charge in [0.2, 0.25) is 5.91 Å². The van der Waals surface area contributed by atoms with E-state index in [-0.39, 0.29) is 24.7 Å². The second-order valence-corrected chi connectivity index (χ2v) is 6.76. The van der Waals surface area contributed by atoms with E-state index < -0.39 is 0 Å². The van der Waals surface area contributed by atoms with Crippen LogP contribution in [0.3, 0.4) is 0 Å². The van der Waals surface area contributed by atoms with Crippen molar-refractivity contribution in [2.24, 2.45) is 0 Å². The molecule has 0 aromatic heterocycles. The molecule has 1 unspecified atom stereocenters. The zero-order valence-corrected chi connectivity index (χ0v) is 15.3. The van der Waals surface area contributed by atoms with Crippen molar-refractivity contribution >= 4 is 41.5 Å². The van der Waals surface area contributed by atoms with Crippen LogP contribution in [0.5, 0.6) is 0 Å². The van der Waals surface area contributed by atoms with Gasteiger partial charge >= 0.3 is 0 Å². The SMILES string of the molecule is Cl.O=C(Cc1c(Cl)cccc1Cl)N1CCC(N2CCNCC2)C1. The number of nitrogens with zero attached hydrogens (tertiary/aromatic N) is 2. The first-order chi connectivity index (χ1) is 10.6. The summed E-state index contributed by atoms with van der Waals surface area (Å²) in [4.78, 5) is 17.0. The fraction of sp³-hybridized carbons (Fsp3) is 0.562. The summed E-state index contributed by atoms with van der Waals surface area (Å²) in [6.07, 6.45) is 1.34. The highest BCUT2D eigenvalue weighted by Gasteiger charge is 2.31. The molecule has 2 aliphatic rings. The predicted octanol–water partition coefficient (Wildman–Crippen LogP) is 2.46. The summed E-state index contributed by atoms with van der Waals surface area (Å²) >= 11 is 12.3. The standard InChI is InChI=1S/C16H21Cl2N3O.ClH/c17-14-2-1-3-15(18)13(14)10-16(22)21-7-4-12(11-21)20-8-5-19-6-9-20;/h1-3,12,19H,4-11H2;1H. The maximum Gasteiger partial charge on any atom is 0.227 e. The summed E-state index contributed by atoms with van der Waals surface area (Å²) < 4.78 is 0. The number of rotatable bonds is 3. The van der Waals surface area contributed by atoms with Crippen molar-refractivity contribution in [2.75, 3.05) is 39.3 Å². The predicted molar refractivity (Wildman–Crippen MR) is 96.8 cm³/mol. The van der Waals surface area contributed by atoms with Crippen LogP contribution in [-0.2, 0) is 11.2 Å². The van der Waals surface area contributed by atoms with Gasteiger partial charge in [0.15, 0.2) is 0 Å². The van der Waals surface area contributed by atoms with Crippen LogP contribution in [0.1, 0.15) is 12.0 Å². The molecule has 0 radical (unpaired) electrons. The van der Waals surface area contributed by atoms with E-state index >= 15 is 0 Å². The Morgan fingerprint density at radius 2 is 1.83 bits per heavy atom. The van der Waals surface area contributed by atoms with Gasteiger partial charge in [0.05, 0.1) is 6.42 Å². The number of hydrogen-bond donors (Lipinski definition) is 1. The number of hydrogen-bond acceptors (Lipinski definition) is 3. The van der Waals surface area contributed by atoms with Gasteiger partial charge in [-0.1, -0.05) is 29.3 Å². The molecule has 2 saturated heterocycles. The Balaban J connectivity index is 0.00000192. The van der Waals surface area contributed by atoms with Gasteiger partial charge in [0.1, 0.15) is 0 Å². The summed E-state index contributed by atoms with van der Waals surface area (Å²) in [5, 5.41) is 4.50. The first-order valence-corrected chi connectivity index (χ1v) is 8.56. The molecule has 0 aliphatic carbocycles. The summed E-state index contributed by atoms with van der Waals surface area (Å²) in [5.41, 5.74) is 0.737. The second-order valence-electron chi connectivity index (χ2n) is 5.95. The van der Waals surface area contributed by atoms with Crippen molar-refractivity contribution in [1.29, 1.82) is 0 Å². The molecule has 4 nitrogen and oxygen atoms in total. The third-order valence-electron chi connectivity index (χ3n) is 4.57. The number of carbonyl (C=O) groups is 1. The Bertz CT molecular complexity index is 529. The Hall–Kier alpha value is -0.520. The van der Waals surface area contributed by atoms with Crippen LogP contribution in [0.4, 0.5) is 0 Å². The molecule has 1 aromatic rings. The molecule has 3 rings (SSSR count). The number of amides is 1. The third kappa shape index (κ3) is 4.52. The molecule has 0 spiro atoms. The minimum atomic E-state index is 0. The molecule has 1 amide bonds. The minimum Gasteiger partial charge on any atom is -0.341 e. The number of carbonyl (C=O) groups excluding carboxylic acids is 1. The van der Waals surface area contributed by atoms with E-state index in [1.165, 1.54) is 0 Å². The van der Waals surface area contributed by atoms with Crippen molar-refractivity contribution in [3.63, 3.8) is 0 Å². The second kappa shape index (κ2) is 8.54. The molecule has 23 heavy (non-hydrogen) atoms. The Morgan fingerprint density at radius 1 is 1.17 bits per heavy atom. The molecule has 7 heteroatoms. The van der Waals surface area contributed by atoms with E-state index in [2.05, 4.69) is 10.2 Å². The van der Waals surface area contributed by atoms with Crippen LogP contribution in [0.15, 0.2) is 18.2 Å². The zero-order valence-electron chi connectivity index (χ0n) is 12.9. The molecule has 1 atom stereocenters. The van der Waals surface area contributed by atoms with Gasteiger partial charge in [-0.2, -0.15) is 0 Å². The van der Waals surface area contributed by atoms with Crippen LogP contribution in [0.2, 0.25) is 10.0 Å². The first-order valence-electron chi connectivity index (χ1n) is 7.80. The number of piperazine rings is 1. The van der Waals surface area contributed by atoms with E-state index in [9.17, 15) is 4.79 Å². The normalized spacial score (nSPS) is 22.0. The third-order valence-corrected chi connectivity index (χ3v) is 5.28. The Kier molecular flexibility index (Phi) is 6.99. The smallest absolute Gasteiger partial charge is 0.227 e. The van der Waals surface area contributed by atoms with E-state index in [0.29, 0.717) is 16.1 Å². The van der Waals surface area contributed by atoms with Gasteiger partial charge in [0.25, 0.3) is 0 Å². The molecule has 0 bridgehead atoms. The summed E-state index contributed by atoms with van der Waals surface area (Å²) in [5.74, 6) is 0.118. The quantitative estimate of drug-likeness (QED) is 0.877. The van der Waals surface area contributed by atoms with E-state index in [4.69, 9.17) is 23.2 Å². The van der Waals surface area contributed by atoms with Gasteiger partial charge in [0, 0.05) is 55.4 Å². The summed E-state index contributed by atoms with van der Waals surface area (Å²) in [6.45, 7) is 5.88. The van der Waals surface area contributed by atoms with Gasteiger partial charge < -0.3 is 10.2 Å². The summed E-state index contributed by atoms with van der Waals surface area (Å²) in [6, 6.07) is 5.86. The molecular formula is C16H22Cl3N3O. The highest BCUT2D eigenvalue weighted by atomic mass is 35.5. The highest BCUT2D eigenvalue weighted by molar-refractivity contribution is 6.36. The monoisotopic (exact) mass is 377 g/mol. The molecule has 1 aromatic carbocycles. The Labute approximate surface area is 153 Å². The van der Waals surface area contributed by atoms with Crippen LogP contribution < -0.4 is 5.32 Å². The van der Waals surface area contributed by atoms with Gasteiger partial charge in [-0.15, -0.1) is 12.4 Å². The molecule has 0 saturated carbocycles. The lowest BCUT2D eigenvalue weighted by molar-refractivity contribution is -0.129. The lowest BCUT2D eigenvalue weighted by Crippen LogP contribution is -2.49.